The van der Waals surface area contributed by atoms with Gasteiger partial charge >= 0.3 is 0 Å². The number of nitrogens with one attached hydrogen (secondary N) is 5. The first-order valence-corrected chi connectivity index (χ1v) is 16.8. The van der Waals surface area contributed by atoms with Crippen LogP contribution in [0.3, 0.4) is 0 Å². The number of rotatable bonds is 10. The summed E-state index contributed by atoms with van der Waals surface area (Å²) in [4.78, 5) is 81.4. The van der Waals surface area contributed by atoms with E-state index in [1.54, 1.807) is 24.3 Å². The van der Waals surface area contributed by atoms with Gasteiger partial charge in [0.25, 0.3) is 5.91 Å². The van der Waals surface area contributed by atoms with E-state index in [0.29, 0.717) is 5.75 Å². The molecule has 2 aromatic carbocycles. The van der Waals surface area contributed by atoms with E-state index in [0.717, 1.165) is 11.6 Å². The lowest BCUT2D eigenvalue weighted by molar-refractivity contribution is -0.138. The van der Waals surface area contributed by atoms with E-state index in [1.807, 2.05) is 27.7 Å². The summed E-state index contributed by atoms with van der Waals surface area (Å²) in [6.07, 6.45) is 0.125. The van der Waals surface area contributed by atoms with E-state index < -0.39 is 72.0 Å². The lowest BCUT2D eigenvalue weighted by Gasteiger charge is -2.31. The average molecular weight is 697 g/mol. The van der Waals surface area contributed by atoms with E-state index in [-0.39, 0.29) is 49.8 Å². The van der Waals surface area contributed by atoms with Crippen LogP contribution in [0.15, 0.2) is 48.5 Å². The normalized spacial score (nSPS) is 20.9. The van der Waals surface area contributed by atoms with Gasteiger partial charge in [0.2, 0.25) is 29.5 Å². The molecule has 1 aliphatic heterocycles. The van der Waals surface area contributed by atoms with Gasteiger partial charge in [0.05, 0.1) is 19.2 Å². The Balaban J connectivity index is 1.88. The van der Waals surface area contributed by atoms with Gasteiger partial charge in [-0.1, -0.05) is 52.0 Å². The molecular weight excluding hydrogens is 647 g/mol. The van der Waals surface area contributed by atoms with Crippen LogP contribution in [-0.4, -0.2) is 91.3 Å². The SMILES string of the molecule is COc1ccc(C[C@@H]2NC(=O)[C@H](CC(C)C)NC(=O)CN(C(=O)CCNC(=O)c3ccccc3F)C[C@H](C(C)C)NC(=O)[C@@H](C)NC2=O)cc1. The highest BCUT2D eigenvalue weighted by Gasteiger charge is 2.32. The van der Waals surface area contributed by atoms with Crippen molar-refractivity contribution in [3.05, 3.63) is 65.5 Å². The molecule has 0 aliphatic carbocycles. The minimum absolute atomic E-state index is 0.0232. The van der Waals surface area contributed by atoms with Crippen LogP contribution in [-0.2, 0) is 30.4 Å². The molecule has 272 valence electrons. The Labute approximate surface area is 292 Å². The summed E-state index contributed by atoms with van der Waals surface area (Å²) in [7, 11) is 1.53. The minimum Gasteiger partial charge on any atom is -0.497 e. The zero-order valence-corrected chi connectivity index (χ0v) is 29.5. The standard InChI is InChI=1S/C36H49FN6O7/c1-21(2)17-28-36(49)41-29(18-24-11-13-25(50-6)14-12-24)35(48)39-23(5)33(46)42-30(22(3)4)19-43(20-31(44)40-28)32(45)15-16-38-34(47)26-9-7-8-10-27(26)37/h7-14,21-23,28-30H,15-20H2,1-6H3,(H,38,47)(H,39,48)(H,40,44)(H,41,49)(H,42,46)/t23-,28+,29+,30-/m1/s1. The third-order valence-corrected chi connectivity index (χ3v) is 8.32. The molecule has 0 unspecified atom stereocenters. The molecule has 50 heavy (non-hydrogen) atoms. The van der Waals surface area contributed by atoms with Gasteiger partial charge < -0.3 is 36.2 Å². The van der Waals surface area contributed by atoms with Crippen LogP contribution >= 0.6 is 0 Å². The predicted molar refractivity (Wildman–Crippen MR) is 184 cm³/mol. The maximum Gasteiger partial charge on any atom is 0.254 e. The minimum atomic E-state index is -1.08. The fourth-order valence-electron chi connectivity index (χ4n) is 5.38. The molecule has 0 bridgehead atoms. The molecule has 1 fully saturated rings. The first-order chi connectivity index (χ1) is 23.7. The summed E-state index contributed by atoms with van der Waals surface area (Å²) in [6.45, 7) is 8.31. The quantitative estimate of drug-likeness (QED) is 0.251. The molecule has 0 radical (unpaired) electrons. The summed E-state index contributed by atoms with van der Waals surface area (Å²) in [5.41, 5.74) is 0.558. The van der Waals surface area contributed by atoms with Crippen LogP contribution in [0.25, 0.3) is 0 Å². The summed E-state index contributed by atoms with van der Waals surface area (Å²) in [5.74, 6) is -3.83. The van der Waals surface area contributed by atoms with Crippen molar-refractivity contribution >= 4 is 35.4 Å². The van der Waals surface area contributed by atoms with Crippen LogP contribution in [0, 0.1) is 17.7 Å². The van der Waals surface area contributed by atoms with Crippen LogP contribution in [0.2, 0.25) is 0 Å². The van der Waals surface area contributed by atoms with Crippen LogP contribution in [0.1, 0.15) is 63.4 Å². The molecule has 6 amide bonds. The molecule has 13 nitrogen and oxygen atoms in total. The van der Waals surface area contributed by atoms with Crippen LogP contribution in [0.4, 0.5) is 4.39 Å². The topological polar surface area (TPSA) is 175 Å². The zero-order chi connectivity index (χ0) is 37.0. The van der Waals surface area contributed by atoms with Crippen molar-refractivity contribution in [1.29, 1.82) is 0 Å². The van der Waals surface area contributed by atoms with Gasteiger partial charge in [-0.3, -0.25) is 28.8 Å². The zero-order valence-electron chi connectivity index (χ0n) is 29.5. The Morgan fingerprint density at radius 3 is 2.18 bits per heavy atom. The highest BCUT2D eigenvalue weighted by atomic mass is 19.1. The van der Waals surface area contributed by atoms with Gasteiger partial charge in [0.1, 0.15) is 29.7 Å². The van der Waals surface area contributed by atoms with Crippen molar-refractivity contribution in [2.24, 2.45) is 11.8 Å². The molecular formula is C36H49FN6O7. The fourth-order valence-corrected chi connectivity index (χ4v) is 5.38. The highest BCUT2D eigenvalue weighted by molar-refractivity contribution is 5.96. The van der Waals surface area contributed by atoms with E-state index >= 15 is 0 Å². The summed E-state index contributed by atoms with van der Waals surface area (Å²) >= 11 is 0. The summed E-state index contributed by atoms with van der Waals surface area (Å²) in [5, 5.41) is 13.6. The number of methoxy groups -OCH3 is 1. The largest absolute Gasteiger partial charge is 0.497 e. The van der Waals surface area contributed by atoms with Crippen molar-refractivity contribution in [2.75, 3.05) is 26.7 Å². The van der Waals surface area contributed by atoms with Gasteiger partial charge in [-0.15, -0.1) is 0 Å². The molecule has 5 N–H and O–H groups in total. The molecule has 1 aliphatic rings. The lowest BCUT2D eigenvalue weighted by Crippen LogP contribution is -2.57. The molecule has 0 saturated carbocycles. The van der Waals surface area contributed by atoms with Crippen molar-refractivity contribution in [1.82, 2.24) is 31.5 Å². The summed E-state index contributed by atoms with van der Waals surface area (Å²) < 4.78 is 19.3. The van der Waals surface area contributed by atoms with E-state index in [4.69, 9.17) is 4.74 Å². The highest BCUT2D eigenvalue weighted by Crippen LogP contribution is 2.15. The number of benzene rings is 2. The second-order valence-electron chi connectivity index (χ2n) is 13.2. The lowest BCUT2D eigenvalue weighted by atomic mass is 10.0. The number of hydrogen-bond donors (Lipinski definition) is 5. The Bertz CT molecular complexity index is 1520. The Morgan fingerprint density at radius 2 is 1.56 bits per heavy atom. The predicted octanol–water partition coefficient (Wildman–Crippen LogP) is 1.70. The maximum atomic E-state index is 14.1. The molecule has 14 heteroatoms. The number of carbonyl (C=O) groups is 6. The van der Waals surface area contributed by atoms with Gasteiger partial charge in [0.15, 0.2) is 0 Å². The van der Waals surface area contributed by atoms with E-state index in [9.17, 15) is 33.2 Å². The van der Waals surface area contributed by atoms with Gasteiger partial charge in [0, 0.05) is 32.0 Å². The second kappa shape index (κ2) is 18.7. The summed E-state index contributed by atoms with van der Waals surface area (Å²) in [6, 6.07) is 8.70. The number of hydrogen-bond acceptors (Lipinski definition) is 7. The smallest absolute Gasteiger partial charge is 0.254 e. The van der Waals surface area contributed by atoms with Gasteiger partial charge in [-0.05, 0) is 55.0 Å². The molecule has 1 heterocycles. The molecule has 0 aromatic heterocycles. The third kappa shape index (κ3) is 11.8. The first-order valence-electron chi connectivity index (χ1n) is 16.8. The van der Waals surface area contributed by atoms with Gasteiger partial charge in [-0.2, -0.15) is 0 Å². The number of ether oxygens (including phenoxy) is 1. The molecule has 4 atom stereocenters. The van der Waals surface area contributed by atoms with Crippen LogP contribution < -0.4 is 31.3 Å². The maximum absolute atomic E-state index is 14.1. The number of amides is 6. The number of carbonyl (C=O) groups excluding carboxylic acids is 6. The molecule has 3 rings (SSSR count). The fraction of sp³-hybridized carbons (Fsp3) is 0.500. The monoisotopic (exact) mass is 696 g/mol. The van der Waals surface area contributed by atoms with E-state index in [1.165, 1.54) is 37.1 Å². The van der Waals surface area contributed by atoms with E-state index in [2.05, 4.69) is 26.6 Å². The van der Waals surface area contributed by atoms with Crippen LogP contribution in [0.5, 0.6) is 5.75 Å². The molecule has 0 spiro atoms. The van der Waals surface area contributed by atoms with Crippen molar-refractivity contribution in [2.45, 2.75) is 78.0 Å². The second-order valence-corrected chi connectivity index (χ2v) is 13.2. The average Bonchev–Trinajstić information content (AvgIpc) is 3.06. The Kier molecular flexibility index (Phi) is 14.7. The Morgan fingerprint density at radius 1 is 0.900 bits per heavy atom. The van der Waals surface area contributed by atoms with Gasteiger partial charge in [-0.25, -0.2) is 4.39 Å². The number of halogens is 1. The number of nitrogens with zero attached hydrogens (tertiary/aromatic N) is 1. The third-order valence-electron chi connectivity index (χ3n) is 8.32. The van der Waals surface area contributed by atoms with Crippen molar-refractivity contribution in [3.63, 3.8) is 0 Å². The van der Waals surface area contributed by atoms with Crippen molar-refractivity contribution in [3.8, 4) is 5.75 Å². The molecule has 2 aromatic rings. The molecule has 1 saturated heterocycles. The Hall–Kier alpha value is -5.01. The first kappa shape index (κ1) is 39.4. The van der Waals surface area contributed by atoms with Crippen molar-refractivity contribution < 1.29 is 37.9 Å².